The maximum Gasteiger partial charge on any atom is 0.295 e. The van der Waals surface area contributed by atoms with Gasteiger partial charge in [0.05, 0.1) is 12.7 Å². The molecule has 3 aromatic rings. The summed E-state index contributed by atoms with van der Waals surface area (Å²) < 4.78 is 20.4. The van der Waals surface area contributed by atoms with E-state index in [4.69, 9.17) is 4.74 Å². The molecule has 194 valence electrons. The third kappa shape index (κ3) is 4.95. The molecule has 2 fully saturated rings. The number of methoxy groups -OCH3 is 1. The predicted octanol–water partition coefficient (Wildman–Crippen LogP) is 3.62. The van der Waals surface area contributed by atoms with Gasteiger partial charge in [-0.3, -0.25) is 14.4 Å². The topological polar surface area (TPSA) is 84.7 Å². The molecule has 9 heteroatoms. The van der Waals surface area contributed by atoms with Crippen molar-refractivity contribution in [1.29, 1.82) is 0 Å². The second kappa shape index (κ2) is 10.3. The van der Waals surface area contributed by atoms with Gasteiger partial charge >= 0.3 is 0 Å². The molecule has 0 saturated carbocycles. The fourth-order valence-electron chi connectivity index (χ4n) is 5.41. The van der Waals surface area contributed by atoms with E-state index in [1.54, 1.807) is 33.7 Å². The van der Waals surface area contributed by atoms with Crippen molar-refractivity contribution in [3.05, 3.63) is 59.0 Å². The zero-order chi connectivity index (χ0) is 26.1. The van der Waals surface area contributed by atoms with Crippen LogP contribution in [0, 0.1) is 11.7 Å². The average molecular weight is 507 g/mol. The van der Waals surface area contributed by atoms with Crippen molar-refractivity contribution in [2.45, 2.75) is 32.1 Å². The third-order valence-electron chi connectivity index (χ3n) is 7.51. The maximum absolute atomic E-state index is 13.6. The number of likely N-dealkylation sites (tertiary alicyclic amines) is 2. The van der Waals surface area contributed by atoms with Gasteiger partial charge in [-0.15, -0.1) is 0 Å². The molecule has 4 heterocycles. The first-order chi connectivity index (χ1) is 17.9. The molecule has 5 rings (SSSR count). The Bertz CT molecular complexity index is 1340. The van der Waals surface area contributed by atoms with Gasteiger partial charge in [0.1, 0.15) is 17.0 Å². The molecular formula is C28H31FN4O4. The minimum Gasteiger partial charge on any atom is -0.480 e. The largest absolute Gasteiger partial charge is 0.480 e. The summed E-state index contributed by atoms with van der Waals surface area (Å²) in [6.45, 7) is 2.34. The van der Waals surface area contributed by atoms with Crippen LogP contribution in [0.3, 0.4) is 0 Å². The normalized spacial score (nSPS) is 16.4. The van der Waals surface area contributed by atoms with E-state index >= 15 is 0 Å². The van der Waals surface area contributed by atoms with Crippen LogP contribution in [-0.2, 0) is 18.3 Å². The van der Waals surface area contributed by atoms with Gasteiger partial charge in [-0.05, 0) is 61.8 Å². The molecule has 2 amide bonds. The predicted molar refractivity (Wildman–Crippen MR) is 136 cm³/mol. The second-order valence-electron chi connectivity index (χ2n) is 9.96. The van der Waals surface area contributed by atoms with Crippen LogP contribution < -0.4 is 4.74 Å². The van der Waals surface area contributed by atoms with Crippen LogP contribution in [0.2, 0.25) is 0 Å². The first-order valence-electron chi connectivity index (χ1n) is 12.8. The van der Waals surface area contributed by atoms with Gasteiger partial charge < -0.3 is 19.1 Å². The number of pyridine rings is 1. The molecule has 0 unspecified atom stereocenters. The number of rotatable bonds is 6. The lowest BCUT2D eigenvalue weighted by molar-refractivity contribution is -0.125. The van der Waals surface area contributed by atoms with Gasteiger partial charge in [0.2, 0.25) is 5.88 Å². The number of halogens is 1. The van der Waals surface area contributed by atoms with E-state index < -0.39 is 11.7 Å². The molecule has 2 saturated heterocycles. The number of aromatic nitrogens is 2. The van der Waals surface area contributed by atoms with Crippen molar-refractivity contribution in [3.63, 3.8) is 0 Å². The number of amides is 2. The van der Waals surface area contributed by atoms with Crippen molar-refractivity contribution < 1.29 is 23.5 Å². The zero-order valence-electron chi connectivity index (χ0n) is 21.2. The summed E-state index contributed by atoms with van der Waals surface area (Å²) in [5.74, 6) is -0.952. The summed E-state index contributed by atoms with van der Waals surface area (Å²) in [4.78, 5) is 47.4. The number of Topliss-reactive ketones (excluding diaryl/α,β-unsaturated/α-hetero) is 1. The molecule has 2 aromatic heterocycles. The molecule has 0 aliphatic carbocycles. The number of ketones is 1. The van der Waals surface area contributed by atoms with Gasteiger partial charge in [-0.25, -0.2) is 4.39 Å². The number of fused-ring (bicyclic) bond motifs is 1. The van der Waals surface area contributed by atoms with Gasteiger partial charge in [0.15, 0.2) is 0 Å². The van der Waals surface area contributed by atoms with Crippen molar-refractivity contribution in [2.24, 2.45) is 13.0 Å². The third-order valence-corrected chi connectivity index (χ3v) is 7.51. The smallest absolute Gasteiger partial charge is 0.295 e. The highest BCUT2D eigenvalue weighted by atomic mass is 19.1. The van der Waals surface area contributed by atoms with Gasteiger partial charge in [0, 0.05) is 44.8 Å². The highest BCUT2D eigenvalue weighted by Crippen LogP contribution is 2.30. The molecule has 8 nitrogen and oxygen atoms in total. The SMILES string of the molecule is COc1nc2c(cc1C(=O)N1CCC(Cc3ccc(F)cc3)CC1)c(C(=O)C(=O)N1CCCC1)cn2C. The van der Waals surface area contributed by atoms with Crippen LogP contribution >= 0.6 is 0 Å². The van der Waals surface area contributed by atoms with Crippen LogP contribution in [0.25, 0.3) is 11.0 Å². The van der Waals surface area contributed by atoms with Crippen LogP contribution in [0.15, 0.2) is 36.5 Å². The van der Waals surface area contributed by atoms with Crippen molar-refractivity contribution in [2.75, 3.05) is 33.3 Å². The Labute approximate surface area is 215 Å². The van der Waals surface area contributed by atoms with Gasteiger partial charge in [0.25, 0.3) is 17.6 Å². The Morgan fingerprint density at radius 2 is 1.68 bits per heavy atom. The molecule has 0 bridgehead atoms. The lowest BCUT2D eigenvalue weighted by atomic mass is 9.90. The molecule has 2 aliphatic rings. The fourth-order valence-corrected chi connectivity index (χ4v) is 5.41. The number of aryl methyl sites for hydroxylation is 1. The summed E-state index contributed by atoms with van der Waals surface area (Å²) in [6.07, 6.45) is 5.91. The summed E-state index contributed by atoms with van der Waals surface area (Å²) in [5, 5.41) is 0.468. The van der Waals surface area contributed by atoms with Crippen molar-refractivity contribution in [1.82, 2.24) is 19.4 Å². The summed E-state index contributed by atoms with van der Waals surface area (Å²) in [6, 6.07) is 8.21. The van der Waals surface area contributed by atoms with E-state index in [1.165, 1.54) is 19.2 Å². The monoisotopic (exact) mass is 506 g/mol. The Morgan fingerprint density at radius 1 is 1.00 bits per heavy atom. The maximum atomic E-state index is 13.6. The molecule has 0 atom stereocenters. The standard InChI is InChI=1S/C28H31FN4O4/c1-31-17-23(24(34)28(36)32-11-3-4-12-32)21-16-22(26(37-2)30-25(21)31)27(35)33-13-9-19(10-14-33)15-18-5-7-20(29)8-6-18/h5-8,16-17,19H,3-4,9-15H2,1-2H3. The number of carbonyl (C=O) groups is 3. The Hall–Kier alpha value is -3.75. The van der Waals surface area contributed by atoms with E-state index in [2.05, 4.69) is 4.98 Å². The van der Waals surface area contributed by atoms with E-state index in [1.807, 2.05) is 12.1 Å². The first kappa shape index (κ1) is 24.9. The molecule has 0 radical (unpaired) electrons. The highest BCUT2D eigenvalue weighted by molar-refractivity contribution is 6.44. The Balaban J connectivity index is 1.36. The lowest BCUT2D eigenvalue weighted by Crippen LogP contribution is -2.39. The number of piperidine rings is 1. The van der Waals surface area contributed by atoms with E-state index in [0.29, 0.717) is 43.1 Å². The minimum absolute atomic E-state index is 0.192. The minimum atomic E-state index is -0.584. The number of nitrogens with zero attached hydrogens (tertiary/aromatic N) is 4. The molecule has 1 aromatic carbocycles. The highest BCUT2D eigenvalue weighted by Gasteiger charge is 2.31. The number of carbonyl (C=O) groups excluding carboxylic acids is 3. The second-order valence-corrected chi connectivity index (χ2v) is 9.96. The number of hydrogen-bond donors (Lipinski definition) is 0. The molecule has 2 aliphatic heterocycles. The molecule has 0 N–H and O–H groups in total. The summed E-state index contributed by atoms with van der Waals surface area (Å²) in [5.41, 5.74) is 2.09. The average Bonchev–Trinajstić information content (AvgIpc) is 3.57. The van der Waals surface area contributed by atoms with Crippen molar-refractivity contribution in [3.8, 4) is 5.88 Å². The number of ether oxygens (including phenoxy) is 1. The summed E-state index contributed by atoms with van der Waals surface area (Å²) in [7, 11) is 3.21. The first-order valence-corrected chi connectivity index (χ1v) is 12.8. The quantitative estimate of drug-likeness (QED) is 0.377. The number of hydrogen-bond acceptors (Lipinski definition) is 5. The molecule has 37 heavy (non-hydrogen) atoms. The fraction of sp³-hybridized carbons (Fsp3) is 0.429. The molecular weight excluding hydrogens is 475 g/mol. The number of benzene rings is 1. The van der Waals surface area contributed by atoms with Crippen LogP contribution in [0.5, 0.6) is 5.88 Å². The van der Waals surface area contributed by atoms with Crippen LogP contribution in [-0.4, -0.2) is 70.2 Å². The van der Waals surface area contributed by atoms with Crippen molar-refractivity contribution >= 4 is 28.6 Å². The van der Waals surface area contributed by atoms with Crippen LogP contribution in [0.4, 0.5) is 4.39 Å². The van der Waals surface area contributed by atoms with Gasteiger partial charge in [-0.1, -0.05) is 12.1 Å². The molecule has 0 spiro atoms. The van der Waals surface area contributed by atoms with Crippen LogP contribution in [0.1, 0.15) is 52.0 Å². The Kier molecular flexibility index (Phi) is 6.95. The van der Waals surface area contributed by atoms with Gasteiger partial charge in [-0.2, -0.15) is 4.98 Å². The van der Waals surface area contributed by atoms with E-state index in [9.17, 15) is 18.8 Å². The zero-order valence-corrected chi connectivity index (χ0v) is 21.2. The summed E-state index contributed by atoms with van der Waals surface area (Å²) >= 11 is 0. The van der Waals surface area contributed by atoms with E-state index in [0.717, 1.165) is 37.7 Å². The Morgan fingerprint density at radius 3 is 2.32 bits per heavy atom. The lowest BCUT2D eigenvalue weighted by Gasteiger charge is -2.32. The van der Waals surface area contributed by atoms with E-state index in [-0.39, 0.29) is 28.7 Å².